The van der Waals surface area contributed by atoms with Gasteiger partial charge in [-0.3, -0.25) is 0 Å². The number of rotatable bonds is 5. The average molecular weight is 202 g/mol. The zero-order chi connectivity index (χ0) is 10.4. The first kappa shape index (κ1) is 12.0. The number of methoxy groups -OCH3 is 1. The predicted molar refractivity (Wildman–Crippen MR) is 57.5 cm³/mol. The highest BCUT2D eigenvalue weighted by Crippen LogP contribution is 1.94. The molecule has 1 aliphatic rings. The Morgan fingerprint density at radius 3 is 2.57 bits per heavy atom. The van der Waals surface area contributed by atoms with E-state index < -0.39 is 0 Å². The summed E-state index contributed by atoms with van der Waals surface area (Å²) in [5.74, 6) is 0. The van der Waals surface area contributed by atoms with Crippen LogP contribution < -0.4 is 10.2 Å². The van der Waals surface area contributed by atoms with Crippen LogP contribution in [0.25, 0.3) is 0 Å². The second-order valence-corrected chi connectivity index (χ2v) is 4.57. The highest BCUT2D eigenvalue weighted by molar-refractivity contribution is 4.59. The Labute approximate surface area is 87.8 Å². The van der Waals surface area contributed by atoms with Gasteiger partial charge < -0.3 is 15.0 Å². The quantitative estimate of drug-likeness (QED) is 0.567. The summed E-state index contributed by atoms with van der Waals surface area (Å²) in [5.41, 5.74) is 0. The molecule has 0 amide bonds. The van der Waals surface area contributed by atoms with Gasteiger partial charge in [0.15, 0.2) is 0 Å². The van der Waals surface area contributed by atoms with Crippen LogP contribution in [0.4, 0.5) is 0 Å². The van der Waals surface area contributed by atoms with Crippen molar-refractivity contribution in [2.45, 2.75) is 38.8 Å². The summed E-state index contributed by atoms with van der Waals surface area (Å²) < 4.78 is 5.15. The fourth-order valence-electron chi connectivity index (χ4n) is 2.38. The number of nitrogens with two attached hydrogens (primary N) is 1. The molecule has 0 unspecified atom stereocenters. The topological polar surface area (TPSA) is 30.3 Å². The minimum Gasteiger partial charge on any atom is -0.379 e. The molecule has 0 radical (unpaired) electrons. The Bertz CT molecular complexity index is 144. The number of nitrogens with one attached hydrogen (secondary N) is 1. The maximum absolute atomic E-state index is 5.15. The molecular formula is C11H26N2O+2. The summed E-state index contributed by atoms with van der Waals surface area (Å²) in [6, 6.07) is 1.46. The minimum atomic E-state index is 0.619. The van der Waals surface area contributed by atoms with Gasteiger partial charge in [-0.1, -0.05) is 0 Å². The molecule has 3 N–H and O–H groups in total. The first-order valence-electron chi connectivity index (χ1n) is 5.93. The van der Waals surface area contributed by atoms with E-state index in [2.05, 4.69) is 19.2 Å². The van der Waals surface area contributed by atoms with Crippen molar-refractivity contribution in [3.63, 3.8) is 0 Å². The van der Waals surface area contributed by atoms with E-state index in [-0.39, 0.29) is 0 Å². The zero-order valence-electron chi connectivity index (χ0n) is 9.88. The van der Waals surface area contributed by atoms with Crippen molar-refractivity contribution in [3.8, 4) is 0 Å². The van der Waals surface area contributed by atoms with Gasteiger partial charge >= 0.3 is 0 Å². The molecule has 1 aliphatic heterocycles. The zero-order valence-corrected chi connectivity index (χ0v) is 9.88. The highest BCUT2D eigenvalue weighted by Gasteiger charge is 2.24. The second kappa shape index (κ2) is 6.38. The fourth-order valence-corrected chi connectivity index (χ4v) is 2.38. The van der Waals surface area contributed by atoms with Gasteiger partial charge in [0.05, 0.1) is 32.3 Å². The van der Waals surface area contributed by atoms with Crippen molar-refractivity contribution in [2.24, 2.45) is 0 Å². The molecule has 0 aromatic heterocycles. The minimum absolute atomic E-state index is 0.619. The first-order valence-corrected chi connectivity index (χ1v) is 5.93. The molecule has 1 heterocycles. The summed E-state index contributed by atoms with van der Waals surface area (Å²) >= 11 is 0. The van der Waals surface area contributed by atoms with E-state index in [9.17, 15) is 0 Å². The Balaban J connectivity index is 2.15. The maximum atomic E-state index is 5.15. The van der Waals surface area contributed by atoms with Crippen LogP contribution in [-0.4, -0.2) is 45.4 Å². The molecule has 3 heteroatoms. The first-order chi connectivity index (χ1) is 6.76. The molecule has 1 fully saturated rings. The number of ether oxygens (including phenoxy) is 1. The van der Waals surface area contributed by atoms with Crippen molar-refractivity contribution < 1.29 is 15.0 Å². The maximum Gasteiger partial charge on any atom is 0.107 e. The number of likely N-dealkylation sites (tertiary alicyclic amines) is 1. The third kappa shape index (κ3) is 3.95. The molecule has 1 rings (SSSR count). The van der Waals surface area contributed by atoms with Gasteiger partial charge in [0.25, 0.3) is 0 Å². The van der Waals surface area contributed by atoms with E-state index in [1.165, 1.54) is 32.5 Å². The van der Waals surface area contributed by atoms with Gasteiger partial charge in [0.2, 0.25) is 0 Å². The van der Waals surface area contributed by atoms with Crippen LogP contribution in [-0.2, 0) is 4.74 Å². The Morgan fingerprint density at radius 1 is 1.43 bits per heavy atom. The molecule has 1 atom stereocenters. The van der Waals surface area contributed by atoms with Crippen molar-refractivity contribution in [1.29, 1.82) is 0 Å². The summed E-state index contributed by atoms with van der Waals surface area (Å²) in [6.07, 6.45) is 2.74. The van der Waals surface area contributed by atoms with Crippen molar-refractivity contribution in [3.05, 3.63) is 0 Å². The Kier molecular flexibility index (Phi) is 5.45. The lowest BCUT2D eigenvalue weighted by molar-refractivity contribution is -0.912. The molecule has 3 nitrogen and oxygen atoms in total. The lowest BCUT2D eigenvalue weighted by Crippen LogP contribution is -3.14. The van der Waals surface area contributed by atoms with Crippen molar-refractivity contribution in [1.82, 2.24) is 0 Å². The largest absolute Gasteiger partial charge is 0.379 e. The monoisotopic (exact) mass is 202 g/mol. The Morgan fingerprint density at radius 2 is 2.07 bits per heavy atom. The smallest absolute Gasteiger partial charge is 0.107 e. The summed E-state index contributed by atoms with van der Waals surface area (Å²) in [5, 5.41) is 2.50. The lowest BCUT2D eigenvalue weighted by Gasteiger charge is -2.28. The van der Waals surface area contributed by atoms with Gasteiger partial charge in [-0.25, -0.2) is 0 Å². The molecule has 1 saturated heterocycles. The van der Waals surface area contributed by atoms with Crippen LogP contribution >= 0.6 is 0 Å². The molecule has 14 heavy (non-hydrogen) atoms. The summed E-state index contributed by atoms with van der Waals surface area (Å²) in [7, 11) is 1.79. The number of quaternary nitrogens is 2. The van der Waals surface area contributed by atoms with Crippen molar-refractivity contribution in [2.75, 3.05) is 33.4 Å². The predicted octanol–water partition coefficient (Wildman–Crippen LogP) is -1.35. The average Bonchev–Trinajstić information content (AvgIpc) is 2.19. The number of hydrogen-bond acceptors (Lipinski definition) is 1. The molecule has 0 saturated carbocycles. The van der Waals surface area contributed by atoms with Gasteiger partial charge in [-0.15, -0.1) is 0 Å². The van der Waals surface area contributed by atoms with Crippen LogP contribution in [0.5, 0.6) is 0 Å². The standard InChI is InChI=1S/C11H24N2O/c1-4-13-7-5-11(6-8-13)12-10(2)9-14-3/h10-12H,4-9H2,1-3H3/p+2/t10-/m1/s1. The van der Waals surface area contributed by atoms with Crippen LogP contribution in [0.15, 0.2) is 0 Å². The third-order valence-corrected chi connectivity index (χ3v) is 3.27. The van der Waals surface area contributed by atoms with E-state index in [4.69, 9.17) is 4.74 Å². The van der Waals surface area contributed by atoms with E-state index in [1.807, 2.05) is 0 Å². The molecule has 0 spiro atoms. The molecular weight excluding hydrogens is 176 g/mol. The van der Waals surface area contributed by atoms with Crippen molar-refractivity contribution >= 4 is 0 Å². The highest BCUT2D eigenvalue weighted by atomic mass is 16.5. The van der Waals surface area contributed by atoms with E-state index in [1.54, 1.807) is 12.0 Å². The van der Waals surface area contributed by atoms with Crippen LogP contribution in [0.1, 0.15) is 26.7 Å². The molecule has 84 valence electrons. The van der Waals surface area contributed by atoms with Crippen LogP contribution in [0, 0.1) is 0 Å². The third-order valence-electron chi connectivity index (χ3n) is 3.27. The van der Waals surface area contributed by atoms with Gasteiger partial charge in [0.1, 0.15) is 6.04 Å². The van der Waals surface area contributed by atoms with E-state index in [0.717, 1.165) is 12.6 Å². The SMILES string of the molecule is CC[NH+]1CCC([NH2+][C@H](C)COC)CC1. The Hall–Kier alpha value is -0.120. The van der Waals surface area contributed by atoms with E-state index >= 15 is 0 Å². The van der Waals surface area contributed by atoms with Gasteiger partial charge in [-0.2, -0.15) is 0 Å². The normalized spacial score (nSPS) is 30.2. The van der Waals surface area contributed by atoms with Gasteiger partial charge in [-0.05, 0) is 13.8 Å². The second-order valence-electron chi connectivity index (χ2n) is 4.57. The van der Waals surface area contributed by atoms with E-state index in [0.29, 0.717) is 6.04 Å². The van der Waals surface area contributed by atoms with Crippen LogP contribution in [0.3, 0.4) is 0 Å². The molecule has 0 aromatic carbocycles. The summed E-state index contributed by atoms with van der Waals surface area (Å²) in [4.78, 5) is 1.77. The molecule has 0 aromatic rings. The number of hydrogen-bond donors (Lipinski definition) is 2. The summed E-state index contributed by atoms with van der Waals surface area (Å²) in [6.45, 7) is 9.42. The lowest BCUT2D eigenvalue weighted by atomic mass is 10.0. The number of piperidine rings is 1. The van der Waals surface area contributed by atoms with Crippen LogP contribution in [0.2, 0.25) is 0 Å². The van der Waals surface area contributed by atoms with Gasteiger partial charge in [0, 0.05) is 20.0 Å². The molecule has 0 bridgehead atoms. The molecule has 0 aliphatic carbocycles. The fraction of sp³-hybridized carbons (Fsp3) is 1.00.